The highest BCUT2D eigenvalue weighted by molar-refractivity contribution is 5.96. The van der Waals surface area contributed by atoms with Crippen molar-refractivity contribution in [1.82, 2.24) is 0 Å². The quantitative estimate of drug-likeness (QED) is 0.706. The lowest BCUT2D eigenvalue weighted by Crippen LogP contribution is -2.30. The van der Waals surface area contributed by atoms with Crippen molar-refractivity contribution >= 4 is 28.3 Å². The summed E-state index contributed by atoms with van der Waals surface area (Å²) >= 11 is 0. The Hall–Kier alpha value is -3.34. The minimum Gasteiger partial charge on any atom is -0.481 e. The molecule has 3 rings (SSSR count). The standard InChI is InChI=1S/C21H19NO4/c1-14(26-19-11-10-15-6-3-4-7-16(15)13-19)20(23)22-18-9-5-8-17(12-18)21(24)25-2/h3-14H,1-2H3,(H,22,23). The van der Waals surface area contributed by atoms with Gasteiger partial charge < -0.3 is 14.8 Å². The van der Waals surface area contributed by atoms with Crippen molar-refractivity contribution in [2.75, 3.05) is 12.4 Å². The highest BCUT2D eigenvalue weighted by Crippen LogP contribution is 2.22. The molecule has 0 aliphatic carbocycles. The van der Waals surface area contributed by atoms with Crippen molar-refractivity contribution in [2.24, 2.45) is 0 Å². The van der Waals surface area contributed by atoms with Gasteiger partial charge in [-0.05, 0) is 48.0 Å². The van der Waals surface area contributed by atoms with E-state index >= 15 is 0 Å². The molecule has 0 saturated heterocycles. The van der Waals surface area contributed by atoms with Crippen molar-refractivity contribution in [1.29, 1.82) is 0 Å². The number of carbonyl (C=O) groups is 2. The lowest BCUT2D eigenvalue weighted by atomic mass is 10.1. The molecule has 0 bridgehead atoms. The number of benzene rings is 3. The largest absolute Gasteiger partial charge is 0.481 e. The molecule has 3 aromatic rings. The van der Waals surface area contributed by atoms with Gasteiger partial charge in [-0.15, -0.1) is 0 Å². The molecule has 1 N–H and O–H groups in total. The van der Waals surface area contributed by atoms with Gasteiger partial charge in [0.2, 0.25) is 0 Å². The van der Waals surface area contributed by atoms with Crippen LogP contribution in [-0.4, -0.2) is 25.1 Å². The zero-order valence-electron chi connectivity index (χ0n) is 14.6. The summed E-state index contributed by atoms with van der Waals surface area (Å²) in [4.78, 5) is 24.0. The van der Waals surface area contributed by atoms with E-state index in [-0.39, 0.29) is 5.91 Å². The molecule has 0 fully saturated rings. The van der Waals surface area contributed by atoms with Crippen LogP contribution in [0.5, 0.6) is 5.75 Å². The molecule has 26 heavy (non-hydrogen) atoms. The molecule has 3 aromatic carbocycles. The predicted octanol–water partition coefficient (Wildman–Crippen LogP) is 4.03. The Labute approximate surface area is 151 Å². The van der Waals surface area contributed by atoms with Crippen LogP contribution in [0.3, 0.4) is 0 Å². The maximum atomic E-state index is 12.4. The van der Waals surface area contributed by atoms with Gasteiger partial charge >= 0.3 is 5.97 Å². The van der Waals surface area contributed by atoms with Gasteiger partial charge in [0.1, 0.15) is 5.75 Å². The Kier molecular flexibility index (Phi) is 5.17. The number of methoxy groups -OCH3 is 1. The van der Waals surface area contributed by atoms with E-state index in [1.54, 1.807) is 31.2 Å². The monoisotopic (exact) mass is 349 g/mol. The Morgan fingerprint density at radius 3 is 2.46 bits per heavy atom. The van der Waals surface area contributed by atoms with Gasteiger partial charge in [0.25, 0.3) is 5.91 Å². The van der Waals surface area contributed by atoms with Crippen LogP contribution < -0.4 is 10.1 Å². The molecule has 1 unspecified atom stereocenters. The molecule has 0 aliphatic rings. The third-order valence-corrected chi connectivity index (χ3v) is 3.95. The molecule has 5 nitrogen and oxygen atoms in total. The first-order valence-electron chi connectivity index (χ1n) is 8.21. The Morgan fingerprint density at radius 2 is 1.69 bits per heavy atom. The first-order valence-corrected chi connectivity index (χ1v) is 8.21. The number of rotatable bonds is 5. The van der Waals surface area contributed by atoms with Crippen LogP contribution >= 0.6 is 0 Å². The number of esters is 1. The van der Waals surface area contributed by atoms with Crippen molar-refractivity contribution < 1.29 is 19.1 Å². The fourth-order valence-electron chi connectivity index (χ4n) is 2.58. The number of nitrogens with one attached hydrogen (secondary N) is 1. The number of anilines is 1. The highest BCUT2D eigenvalue weighted by Gasteiger charge is 2.16. The Bertz CT molecular complexity index is 951. The summed E-state index contributed by atoms with van der Waals surface area (Å²) in [7, 11) is 1.31. The molecule has 0 radical (unpaired) electrons. The van der Waals surface area contributed by atoms with E-state index in [2.05, 4.69) is 10.1 Å². The van der Waals surface area contributed by atoms with E-state index in [0.717, 1.165) is 10.8 Å². The summed E-state index contributed by atoms with van der Waals surface area (Å²) in [5.41, 5.74) is 0.875. The summed E-state index contributed by atoms with van der Waals surface area (Å²) in [6.45, 7) is 1.68. The van der Waals surface area contributed by atoms with E-state index in [1.807, 2.05) is 42.5 Å². The smallest absolute Gasteiger partial charge is 0.337 e. The molecule has 0 spiro atoms. The summed E-state index contributed by atoms with van der Waals surface area (Å²) in [5, 5.41) is 4.90. The van der Waals surface area contributed by atoms with E-state index < -0.39 is 12.1 Å². The number of hydrogen-bond acceptors (Lipinski definition) is 4. The maximum Gasteiger partial charge on any atom is 0.337 e. The van der Waals surface area contributed by atoms with Crippen LogP contribution in [0, 0.1) is 0 Å². The second-order valence-corrected chi connectivity index (χ2v) is 5.83. The number of carbonyl (C=O) groups excluding carboxylic acids is 2. The Morgan fingerprint density at radius 1 is 0.923 bits per heavy atom. The molecular formula is C21H19NO4. The average Bonchev–Trinajstić information content (AvgIpc) is 2.67. The van der Waals surface area contributed by atoms with E-state index in [0.29, 0.717) is 17.0 Å². The minimum atomic E-state index is -0.696. The number of ether oxygens (including phenoxy) is 2. The van der Waals surface area contributed by atoms with Crippen molar-refractivity contribution in [3.8, 4) is 5.75 Å². The number of hydrogen-bond donors (Lipinski definition) is 1. The van der Waals surface area contributed by atoms with Gasteiger partial charge in [0.05, 0.1) is 12.7 Å². The lowest BCUT2D eigenvalue weighted by molar-refractivity contribution is -0.122. The van der Waals surface area contributed by atoms with E-state index in [1.165, 1.54) is 7.11 Å². The van der Waals surface area contributed by atoms with Gasteiger partial charge in [-0.3, -0.25) is 4.79 Å². The molecule has 0 heterocycles. The fourth-order valence-corrected chi connectivity index (χ4v) is 2.58. The predicted molar refractivity (Wildman–Crippen MR) is 100 cm³/mol. The van der Waals surface area contributed by atoms with Gasteiger partial charge in [-0.25, -0.2) is 4.79 Å². The van der Waals surface area contributed by atoms with Crippen LogP contribution in [0.2, 0.25) is 0 Å². The maximum absolute atomic E-state index is 12.4. The first-order chi connectivity index (χ1) is 12.6. The molecule has 1 atom stereocenters. The van der Waals surface area contributed by atoms with Crippen molar-refractivity contribution in [3.63, 3.8) is 0 Å². The molecule has 0 aliphatic heterocycles. The SMILES string of the molecule is COC(=O)c1cccc(NC(=O)C(C)Oc2ccc3ccccc3c2)c1. The molecular weight excluding hydrogens is 330 g/mol. The first kappa shape index (κ1) is 17.5. The van der Waals surface area contributed by atoms with Gasteiger partial charge in [-0.1, -0.05) is 36.4 Å². The third-order valence-electron chi connectivity index (χ3n) is 3.95. The average molecular weight is 349 g/mol. The summed E-state index contributed by atoms with van der Waals surface area (Å²) in [6, 6.07) is 20.2. The van der Waals surface area contributed by atoms with E-state index in [9.17, 15) is 9.59 Å². The van der Waals surface area contributed by atoms with Gasteiger partial charge in [0, 0.05) is 5.69 Å². The lowest BCUT2D eigenvalue weighted by Gasteiger charge is -2.15. The number of amides is 1. The third kappa shape index (κ3) is 4.00. The molecule has 5 heteroatoms. The van der Waals surface area contributed by atoms with Crippen molar-refractivity contribution in [2.45, 2.75) is 13.0 Å². The second-order valence-electron chi connectivity index (χ2n) is 5.83. The second kappa shape index (κ2) is 7.70. The zero-order chi connectivity index (χ0) is 18.5. The zero-order valence-corrected chi connectivity index (χ0v) is 14.6. The van der Waals surface area contributed by atoms with Crippen molar-refractivity contribution in [3.05, 3.63) is 72.3 Å². The number of fused-ring (bicyclic) bond motifs is 1. The topological polar surface area (TPSA) is 64.6 Å². The summed E-state index contributed by atoms with van der Waals surface area (Å²) in [6.07, 6.45) is -0.696. The van der Waals surface area contributed by atoms with Crippen LogP contribution in [0.1, 0.15) is 17.3 Å². The fraction of sp³-hybridized carbons (Fsp3) is 0.143. The molecule has 0 aromatic heterocycles. The summed E-state index contributed by atoms with van der Waals surface area (Å²) < 4.78 is 10.4. The van der Waals surface area contributed by atoms with Gasteiger partial charge in [-0.2, -0.15) is 0 Å². The molecule has 132 valence electrons. The van der Waals surface area contributed by atoms with Crippen LogP contribution in [0.15, 0.2) is 66.7 Å². The summed E-state index contributed by atoms with van der Waals surface area (Å²) in [5.74, 6) is -0.142. The van der Waals surface area contributed by atoms with Crippen LogP contribution in [0.25, 0.3) is 10.8 Å². The normalized spacial score (nSPS) is 11.6. The minimum absolute atomic E-state index is 0.305. The molecule has 0 saturated carbocycles. The van der Waals surface area contributed by atoms with E-state index in [4.69, 9.17) is 4.74 Å². The van der Waals surface area contributed by atoms with Crippen LogP contribution in [-0.2, 0) is 9.53 Å². The highest BCUT2D eigenvalue weighted by atomic mass is 16.5. The van der Waals surface area contributed by atoms with Crippen LogP contribution in [0.4, 0.5) is 5.69 Å². The molecule has 1 amide bonds. The van der Waals surface area contributed by atoms with Gasteiger partial charge in [0.15, 0.2) is 6.10 Å². The Balaban J connectivity index is 1.68.